The molecule has 2 unspecified atom stereocenters. The van der Waals surface area contributed by atoms with Gasteiger partial charge in [-0.3, -0.25) is 4.90 Å². The van der Waals surface area contributed by atoms with Crippen LogP contribution in [0.4, 0.5) is 0 Å². The topological polar surface area (TPSA) is 51.6 Å². The van der Waals surface area contributed by atoms with E-state index in [-0.39, 0.29) is 12.1 Å². The summed E-state index contributed by atoms with van der Waals surface area (Å²) in [6.45, 7) is 4.81. The van der Waals surface area contributed by atoms with Crippen LogP contribution < -0.4 is 10.5 Å². The van der Waals surface area contributed by atoms with Gasteiger partial charge in [0.2, 0.25) is 0 Å². The van der Waals surface area contributed by atoms with Crippen molar-refractivity contribution in [2.45, 2.75) is 32.5 Å². The van der Waals surface area contributed by atoms with E-state index in [1.807, 2.05) is 38.1 Å². The van der Waals surface area contributed by atoms with Gasteiger partial charge in [0.25, 0.3) is 0 Å². The Morgan fingerprint density at radius 3 is 2.67 bits per heavy atom. The van der Waals surface area contributed by atoms with Crippen molar-refractivity contribution in [2.24, 2.45) is 5.73 Å². The van der Waals surface area contributed by atoms with Gasteiger partial charge in [0.1, 0.15) is 11.5 Å². The van der Waals surface area contributed by atoms with E-state index in [0.717, 1.165) is 23.6 Å². The van der Waals surface area contributed by atoms with E-state index in [0.29, 0.717) is 0 Å². The van der Waals surface area contributed by atoms with Gasteiger partial charge in [-0.25, -0.2) is 0 Å². The molecule has 1 heterocycles. The van der Waals surface area contributed by atoms with Crippen molar-refractivity contribution < 1.29 is 9.15 Å². The van der Waals surface area contributed by atoms with E-state index in [9.17, 15) is 0 Å². The van der Waals surface area contributed by atoms with E-state index in [1.54, 1.807) is 13.4 Å². The molecule has 2 atom stereocenters. The van der Waals surface area contributed by atoms with Gasteiger partial charge in [-0.2, -0.15) is 0 Å². The molecule has 1 aromatic heterocycles. The van der Waals surface area contributed by atoms with Crippen molar-refractivity contribution in [2.75, 3.05) is 14.2 Å². The van der Waals surface area contributed by atoms with Gasteiger partial charge in [0.15, 0.2) is 0 Å². The highest BCUT2D eigenvalue weighted by Gasteiger charge is 2.22. The van der Waals surface area contributed by atoms with Crippen LogP contribution >= 0.6 is 0 Å². The number of ether oxygens (including phenoxy) is 1. The monoisotopic (exact) mass is 288 g/mol. The maximum absolute atomic E-state index is 6.22. The lowest BCUT2D eigenvalue weighted by atomic mass is 9.99. The van der Waals surface area contributed by atoms with Crippen molar-refractivity contribution in [3.8, 4) is 5.75 Å². The molecule has 114 valence electrons. The van der Waals surface area contributed by atoms with Gasteiger partial charge in [-0.1, -0.05) is 12.1 Å². The zero-order valence-corrected chi connectivity index (χ0v) is 13.2. The van der Waals surface area contributed by atoms with Crippen LogP contribution in [0.2, 0.25) is 0 Å². The van der Waals surface area contributed by atoms with E-state index in [4.69, 9.17) is 14.9 Å². The van der Waals surface area contributed by atoms with Crippen molar-refractivity contribution in [1.29, 1.82) is 0 Å². The molecule has 0 aliphatic rings. The Kier molecular flexibility index (Phi) is 5.04. The number of nitrogens with two attached hydrogens (primary N) is 1. The number of nitrogens with zero attached hydrogens (tertiary/aromatic N) is 1. The molecule has 0 radical (unpaired) electrons. The van der Waals surface area contributed by atoms with Gasteiger partial charge in [-0.15, -0.1) is 0 Å². The third-order valence-corrected chi connectivity index (χ3v) is 3.79. The molecular weight excluding hydrogens is 264 g/mol. The van der Waals surface area contributed by atoms with Crippen LogP contribution in [0.1, 0.15) is 29.9 Å². The number of rotatable bonds is 6. The second-order valence-electron chi connectivity index (χ2n) is 5.50. The van der Waals surface area contributed by atoms with Crippen molar-refractivity contribution in [3.05, 3.63) is 53.5 Å². The summed E-state index contributed by atoms with van der Waals surface area (Å²) in [5.74, 6) is 1.81. The van der Waals surface area contributed by atoms with E-state index < -0.39 is 0 Å². The quantitative estimate of drug-likeness (QED) is 0.887. The zero-order chi connectivity index (χ0) is 15.4. The Hall–Kier alpha value is -1.78. The number of methoxy groups -OCH3 is 1. The molecule has 0 saturated carbocycles. The lowest BCUT2D eigenvalue weighted by Crippen LogP contribution is -2.37. The average molecular weight is 288 g/mol. The Labute approximate surface area is 126 Å². The highest BCUT2D eigenvalue weighted by molar-refractivity contribution is 5.31. The molecular formula is C17H24N2O2. The smallest absolute Gasteiger partial charge is 0.119 e. The second kappa shape index (κ2) is 6.78. The average Bonchev–Trinajstić information content (AvgIpc) is 2.84. The zero-order valence-electron chi connectivity index (χ0n) is 13.2. The number of hydrogen-bond acceptors (Lipinski definition) is 4. The summed E-state index contributed by atoms with van der Waals surface area (Å²) in [6, 6.07) is 10.2. The number of aryl methyl sites for hydroxylation is 1. The molecule has 0 aliphatic heterocycles. The SMILES string of the molecule is COc1cccc(C(C(C)N)N(C)Cc2ccoc2C)c1. The summed E-state index contributed by atoms with van der Waals surface area (Å²) >= 11 is 0. The molecule has 2 N–H and O–H groups in total. The van der Waals surface area contributed by atoms with Crippen LogP contribution in [0, 0.1) is 6.92 Å². The van der Waals surface area contributed by atoms with Crippen LogP contribution in [0.25, 0.3) is 0 Å². The number of benzene rings is 1. The first-order chi connectivity index (χ1) is 10.0. The fourth-order valence-corrected chi connectivity index (χ4v) is 2.73. The van der Waals surface area contributed by atoms with Gasteiger partial charge in [-0.05, 0) is 44.7 Å². The fraction of sp³-hybridized carbons (Fsp3) is 0.412. The summed E-state index contributed by atoms with van der Waals surface area (Å²) in [5.41, 5.74) is 8.57. The molecule has 0 saturated heterocycles. The predicted octanol–water partition coefficient (Wildman–Crippen LogP) is 3.12. The summed E-state index contributed by atoms with van der Waals surface area (Å²) in [6.07, 6.45) is 1.73. The first kappa shape index (κ1) is 15.6. The summed E-state index contributed by atoms with van der Waals surface area (Å²) in [7, 11) is 3.76. The highest BCUT2D eigenvalue weighted by atomic mass is 16.5. The Bertz CT molecular complexity index is 578. The summed E-state index contributed by atoms with van der Waals surface area (Å²) < 4.78 is 10.7. The molecule has 0 spiro atoms. The predicted molar refractivity (Wildman–Crippen MR) is 84.3 cm³/mol. The van der Waals surface area contributed by atoms with E-state index in [2.05, 4.69) is 18.0 Å². The Morgan fingerprint density at radius 2 is 2.10 bits per heavy atom. The molecule has 1 aromatic carbocycles. The third-order valence-electron chi connectivity index (χ3n) is 3.79. The first-order valence-electron chi connectivity index (χ1n) is 7.15. The first-order valence-corrected chi connectivity index (χ1v) is 7.15. The van der Waals surface area contributed by atoms with Gasteiger partial charge in [0.05, 0.1) is 13.4 Å². The molecule has 2 aromatic rings. The van der Waals surface area contributed by atoms with E-state index >= 15 is 0 Å². The fourth-order valence-electron chi connectivity index (χ4n) is 2.73. The van der Waals surface area contributed by atoms with Gasteiger partial charge < -0.3 is 14.9 Å². The molecule has 2 rings (SSSR count). The minimum Gasteiger partial charge on any atom is -0.497 e. The van der Waals surface area contributed by atoms with Crippen LogP contribution in [0.5, 0.6) is 5.75 Å². The van der Waals surface area contributed by atoms with Gasteiger partial charge in [0, 0.05) is 24.2 Å². The maximum Gasteiger partial charge on any atom is 0.119 e. The Morgan fingerprint density at radius 1 is 1.33 bits per heavy atom. The van der Waals surface area contributed by atoms with Crippen LogP contribution in [0.3, 0.4) is 0 Å². The molecule has 21 heavy (non-hydrogen) atoms. The minimum absolute atomic E-state index is 0.00862. The molecule has 0 fully saturated rings. The number of hydrogen-bond donors (Lipinski definition) is 1. The van der Waals surface area contributed by atoms with Crippen molar-refractivity contribution in [1.82, 2.24) is 4.90 Å². The normalized spacial score (nSPS) is 14.2. The highest BCUT2D eigenvalue weighted by Crippen LogP contribution is 2.27. The summed E-state index contributed by atoms with van der Waals surface area (Å²) in [4.78, 5) is 2.25. The largest absolute Gasteiger partial charge is 0.497 e. The van der Waals surface area contributed by atoms with Gasteiger partial charge >= 0.3 is 0 Å². The van der Waals surface area contributed by atoms with E-state index in [1.165, 1.54) is 5.56 Å². The molecule has 0 bridgehead atoms. The molecule has 4 nitrogen and oxygen atoms in total. The standard InChI is InChI=1S/C17H24N2O2/c1-12(18)17(14-6-5-7-16(10-14)20-4)19(3)11-15-8-9-21-13(15)2/h5-10,12,17H,11,18H2,1-4H3. The lowest BCUT2D eigenvalue weighted by molar-refractivity contribution is 0.209. The number of likely N-dealkylation sites (N-methyl/N-ethyl adjacent to an activating group) is 1. The molecule has 0 aliphatic carbocycles. The van der Waals surface area contributed by atoms with Crippen LogP contribution in [0.15, 0.2) is 41.0 Å². The number of furan rings is 1. The Balaban J connectivity index is 2.23. The maximum atomic E-state index is 6.22. The third kappa shape index (κ3) is 3.65. The summed E-state index contributed by atoms with van der Waals surface area (Å²) in [5, 5.41) is 0. The van der Waals surface area contributed by atoms with Crippen molar-refractivity contribution >= 4 is 0 Å². The van der Waals surface area contributed by atoms with Crippen LogP contribution in [-0.2, 0) is 6.54 Å². The molecule has 0 amide bonds. The van der Waals surface area contributed by atoms with Crippen LogP contribution in [-0.4, -0.2) is 25.1 Å². The second-order valence-corrected chi connectivity index (χ2v) is 5.50. The lowest BCUT2D eigenvalue weighted by Gasteiger charge is -2.31. The van der Waals surface area contributed by atoms with Crippen molar-refractivity contribution in [3.63, 3.8) is 0 Å². The molecule has 4 heteroatoms. The minimum atomic E-state index is 0.00862.